The molecule has 1 aliphatic heterocycles. The van der Waals surface area contributed by atoms with Crippen molar-refractivity contribution < 1.29 is 22.7 Å². The number of pyridine rings is 2. The molecule has 202 valence electrons. The van der Waals surface area contributed by atoms with Gasteiger partial charge in [-0.1, -0.05) is 24.3 Å². The zero-order chi connectivity index (χ0) is 27.4. The lowest BCUT2D eigenvalue weighted by Crippen LogP contribution is -2.48. The van der Waals surface area contributed by atoms with E-state index in [1.165, 1.54) is 13.2 Å². The number of para-hydroxylation sites is 1. The zero-order valence-electron chi connectivity index (χ0n) is 21.7. The third-order valence-electron chi connectivity index (χ3n) is 6.67. The van der Waals surface area contributed by atoms with Crippen molar-refractivity contribution in [2.24, 2.45) is 0 Å². The topological polar surface area (TPSA) is 114 Å². The second-order valence-electron chi connectivity index (χ2n) is 9.09. The molecule has 0 spiro atoms. The van der Waals surface area contributed by atoms with Gasteiger partial charge in [0.2, 0.25) is 5.88 Å². The normalized spacial score (nSPS) is 14.3. The van der Waals surface area contributed by atoms with E-state index in [1.54, 1.807) is 66.9 Å². The van der Waals surface area contributed by atoms with Crippen LogP contribution in [0.15, 0.2) is 78.0 Å². The van der Waals surface area contributed by atoms with Crippen LogP contribution in [-0.4, -0.2) is 74.5 Å². The minimum absolute atomic E-state index is 0.0598. The van der Waals surface area contributed by atoms with Crippen LogP contribution < -0.4 is 14.2 Å². The summed E-state index contributed by atoms with van der Waals surface area (Å²) in [5, 5.41) is 0.716. The summed E-state index contributed by atoms with van der Waals surface area (Å²) in [6.45, 7) is 3.22. The Kier molecular flexibility index (Phi) is 7.62. The van der Waals surface area contributed by atoms with Crippen molar-refractivity contribution in [3.8, 4) is 11.6 Å². The molecular formula is C28H29N5O5S. The number of anilines is 1. The van der Waals surface area contributed by atoms with Gasteiger partial charge in [-0.15, -0.1) is 0 Å². The summed E-state index contributed by atoms with van der Waals surface area (Å²) in [7, 11) is -0.928. The number of sulfonamides is 1. The summed E-state index contributed by atoms with van der Waals surface area (Å²) in [6.07, 6.45) is 3.25. The Balaban J connectivity index is 1.28. The minimum atomic E-state index is -3.97. The van der Waals surface area contributed by atoms with Crippen LogP contribution in [-0.2, 0) is 16.6 Å². The molecule has 1 amide bonds. The highest BCUT2D eigenvalue weighted by Crippen LogP contribution is 2.30. The van der Waals surface area contributed by atoms with Gasteiger partial charge in [0.05, 0.1) is 25.4 Å². The number of hydrogen-bond donors (Lipinski definition) is 1. The molecular weight excluding hydrogens is 518 g/mol. The molecule has 11 heteroatoms. The molecule has 10 nitrogen and oxygen atoms in total. The molecule has 1 aliphatic rings. The van der Waals surface area contributed by atoms with Crippen molar-refractivity contribution in [2.45, 2.75) is 11.4 Å². The van der Waals surface area contributed by atoms with Gasteiger partial charge in [0.25, 0.3) is 15.9 Å². The number of methoxy groups -OCH3 is 2. The number of benzene rings is 2. The molecule has 4 aromatic rings. The standard InChI is InChI=1S/C28H29N5O5S/c1-37-24-18-21(28(34)33-16-14-32(15-17-33)19-22-8-5-13-30-27(22)38-2)10-11-23(24)31-39(35,36)25-9-3-6-20-7-4-12-29-26(20)25/h3-13,18,31H,14-17,19H2,1-2H3. The molecule has 1 fully saturated rings. The number of fused-ring (bicyclic) bond motifs is 1. The first kappa shape index (κ1) is 26.4. The molecule has 0 atom stereocenters. The lowest BCUT2D eigenvalue weighted by molar-refractivity contribution is 0.0627. The van der Waals surface area contributed by atoms with Crippen molar-refractivity contribution in [1.82, 2.24) is 19.8 Å². The highest BCUT2D eigenvalue weighted by molar-refractivity contribution is 7.93. The minimum Gasteiger partial charge on any atom is -0.495 e. The van der Waals surface area contributed by atoms with E-state index in [2.05, 4.69) is 19.6 Å². The summed E-state index contributed by atoms with van der Waals surface area (Å²) < 4.78 is 39.9. The van der Waals surface area contributed by atoms with E-state index in [-0.39, 0.29) is 22.2 Å². The van der Waals surface area contributed by atoms with Crippen molar-refractivity contribution in [3.05, 3.63) is 84.2 Å². The van der Waals surface area contributed by atoms with Gasteiger partial charge in [0.1, 0.15) is 10.6 Å². The third-order valence-corrected chi connectivity index (χ3v) is 8.07. The SMILES string of the molecule is COc1cc(C(=O)N2CCN(Cc3cccnc3OC)CC2)ccc1NS(=O)(=O)c1cccc2cccnc12. The number of nitrogens with one attached hydrogen (secondary N) is 1. The van der Waals surface area contributed by atoms with Gasteiger partial charge in [-0.3, -0.25) is 19.4 Å². The molecule has 0 radical (unpaired) electrons. The Labute approximate surface area is 227 Å². The maximum absolute atomic E-state index is 13.3. The van der Waals surface area contributed by atoms with Gasteiger partial charge < -0.3 is 14.4 Å². The van der Waals surface area contributed by atoms with Crippen LogP contribution >= 0.6 is 0 Å². The largest absolute Gasteiger partial charge is 0.495 e. The maximum atomic E-state index is 13.3. The molecule has 5 rings (SSSR count). The van der Waals surface area contributed by atoms with Gasteiger partial charge in [0.15, 0.2) is 0 Å². The lowest BCUT2D eigenvalue weighted by Gasteiger charge is -2.35. The number of rotatable bonds is 8. The molecule has 1 N–H and O–H groups in total. The van der Waals surface area contributed by atoms with Crippen molar-refractivity contribution in [1.29, 1.82) is 0 Å². The summed E-state index contributed by atoms with van der Waals surface area (Å²) >= 11 is 0. The van der Waals surface area contributed by atoms with E-state index in [0.717, 1.165) is 5.56 Å². The summed E-state index contributed by atoms with van der Waals surface area (Å²) in [6, 6.07) is 17.1. The Morgan fingerprint density at radius 3 is 2.44 bits per heavy atom. The van der Waals surface area contributed by atoms with Gasteiger partial charge in [-0.2, -0.15) is 0 Å². The number of piperazine rings is 1. The number of aromatic nitrogens is 2. The second-order valence-corrected chi connectivity index (χ2v) is 10.7. The highest BCUT2D eigenvalue weighted by atomic mass is 32.2. The molecule has 3 heterocycles. The lowest BCUT2D eigenvalue weighted by atomic mass is 10.1. The second kappa shape index (κ2) is 11.3. The average Bonchev–Trinajstić information content (AvgIpc) is 2.97. The van der Waals surface area contributed by atoms with E-state index in [4.69, 9.17) is 9.47 Å². The first-order valence-corrected chi connectivity index (χ1v) is 13.9. The summed E-state index contributed by atoms with van der Waals surface area (Å²) in [4.78, 5) is 25.9. The van der Waals surface area contributed by atoms with Crippen LogP contribution in [0, 0.1) is 0 Å². The molecule has 0 saturated carbocycles. The molecule has 1 saturated heterocycles. The average molecular weight is 548 g/mol. The van der Waals surface area contributed by atoms with Gasteiger partial charge in [-0.25, -0.2) is 13.4 Å². The molecule has 2 aromatic carbocycles. The molecule has 0 bridgehead atoms. The van der Waals surface area contributed by atoms with Crippen LogP contribution in [0.5, 0.6) is 11.6 Å². The predicted molar refractivity (Wildman–Crippen MR) is 148 cm³/mol. The van der Waals surface area contributed by atoms with Gasteiger partial charge >= 0.3 is 0 Å². The van der Waals surface area contributed by atoms with Gasteiger partial charge in [-0.05, 0) is 36.4 Å². The van der Waals surface area contributed by atoms with Crippen LogP contribution in [0.2, 0.25) is 0 Å². The number of carbonyl (C=O) groups excluding carboxylic acids is 1. The van der Waals surface area contributed by atoms with E-state index < -0.39 is 10.0 Å². The van der Waals surface area contributed by atoms with E-state index >= 15 is 0 Å². The molecule has 2 aromatic heterocycles. The third kappa shape index (κ3) is 5.64. The Hall–Kier alpha value is -4.22. The Bertz CT molecular complexity index is 1600. The molecule has 39 heavy (non-hydrogen) atoms. The van der Waals surface area contributed by atoms with Crippen molar-refractivity contribution >= 4 is 32.5 Å². The highest BCUT2D eigenvalue weighted by Gasteiger charge is 2.25. The smallest absolute Gasteiger partial charge is 0.264 e. The first-order chi connectivity index (χ1) is 18.9. The first-order valence-electron chi connectivity index (χ1n) is 12.4. The number of hydrogen-bond acceptors (Lipinski definition) is 8. The Morgan fingerprint density at radius 1 is 0.923 bits per heavy atom. The monoisotopic (exact) mass is 547 g/mol. The van der Waals surface area contributed by atoms with E-state index in [1.807, 2.05) is 12.1 Å². The van der Waals surface area contributed by atoms with E-state index in [0.29, 0.717) is 55.1 Å². The summed E-state index contributed by atoms with van der Waals surface area (Å²) in [5.41, 5.74) is 2.03. The fourth-order valence-electron chi connectivity index (χ4n) is 4.66. The molecule has 0 unspecified atom stereocenters. The number of amides is 1. The van der Waals surface area contributed by atoms with E-state index in [9.17, 15) is 13.2 Å². The molecule has 0 aliphatic carbocycles. The van der Waals surface area contributed by atoms with Crippen LogP contribution in [0.3, 0.4) is 0 Å². The number of carbonyl (C=O) groups is 1. The predicted octanol–water partition coefficient (Wildman–Crippen LogP) is 3.41. The summed E-state index contributed by atoms with van der Waals surface area (Å²) in [5.74, 6) is 0.718. The van der Waals surface area contributed by atoms with Crippen molar-refractivity contribution in [2.75, 3.05) is 45.1 Å². The maximum Gasteiger partial charge on any atom is 0.264 e. The fourth-order valence-corrected chi connectivity index (χ4v) is 5.91. The van der Waals surface area contributed by atoms with Crippen molar-refractivity contribution in [3.63, 3.8) is 0 Å². The Morgan fingerprint density at radius 2 is 1.67 bits per heavy atom. The van der Waals surface area contributed by atoms with Crippen LogP contribution in [0.4, 0.5) is 5.69 Å². The van der Waals surface area contributed by atoms with Gasteiger partial charge in [0, 0.05) is 61.6 Å². The van der Waals surface area contributed by atoms with Crippen LogP contribution in [0.1, 0.15) is 15.9 Å². The van der Waals surface area contributed by atoms with Crippen LogP contribution in [0.25, 0.3) is 10.9 Å². The number of nitrogens with zero attached hydrogens (tertiary/aromatic N) is 4. The zero-order valence-corrected chi connectivity index (χ0v) is 22.5. The quantitative estimate of drug-likeness (QED) is 0.357. The number of ether oxygens (including phenoxy) is 2. The fraction of sp³-hybridized carbons (Fsp3) is 0.250.